The van der Waals surface area contributed by atoms with Crippen LogP contribution in [0.3, 0.4) is 0 Å². The molecule has 0 aliphatic carbocycles. The van der Waals surface area contributed by atoms with E-state index in [0.717, 1.165) is 44.0 Å². The third-order valence-corrected chi connectivity index (χ3v) is 5.08. The van der Waals surface area contributed by atoms with E-state index in [0.29, 0.717) is 18.0 Å². The number of hydrogen-bond donors (Lipinski definition) is 1. The zero-order valence-corrected chi connectivity index (χ0v) is 16.1. The summed E-state index contributed by atoms with van der Waals surface area (Å²) in [5.74, 6) is 0.238. The van der Waals surface area contributed by atoms with Gasteiger partial charge in [-0.3, -0.25) is 9.69 Å². The lowest BCUT2D eigenvalue weighted by molar-refractivity contribution is -0.116. The Labute approximate surface area is 161 Å². The first-order chi connectivity index (χ1) is 13.0. The molecule has 1 amide bonds. The summed E-state index contributed by atoms with van der Waals surface area (Å²) in [6.07, 6.45) is 0.464. The number of piperazine rings is 1. The molecule has 1 aliphatic heterocycles. The summed E-state index contributed by atoms with van der Waals surface area (Å²) >= 11 is 0. The highest BCUT2D eigenvalue weighted by molar-refractivity contribution is 5.91. The maximum atomic E-state index is 13.9. The van der Waals surface area contributed by atoms with Gasteiger partial charge in [-0.25, -0.2) is 4.39 Å². The van der Waals surface area contributed by atoms with Gasteiger partial charge in [0.05, 0.1) is 5.69 Å². The number of anilines is 2. The second-order valence-corrected chi connectivity index (χ2v) is 7.32. The van der Waals surface area contributed by atoms with Crippen LogP contribution >= 0.6 is 0 Å². The number of benzene rings is 2. The molecule has 3 rings (SSSR count). The number of nitrogens with zero attached hydrogens (tertiary/aromatic N) is 2. The Kier molecular flexibility index (Phi) is 6.45. The summed E-state index contributed by atoms with van der Waals surface area (Å²) in [6.45, 7) is 8.20. The van der Waals surface area contributed by atoms with Gasteiger partial charge < -0.3 is 10.2 Å². The lowest BCUT2D eigenvalue weighted by atomic mass is 10.0. The average molecular weight is 369 g/mol. The van der Waals surface area contributed by atoms with Crippen molar-refractivity contribution in [2.75, 3.05) is 42.9 Å². The lowest BCUT2D eigenvalue weighted by Gasteiger charge is -2.36. The molecule has 4 nitrogen and oxygen atoms in total. The summed E-state index contributed by atoms with van der Waals surface area (Å²) in [5.41, 5.74) is 2.73. The van der Waals surface area contributed by atoms with E-state index >= 15 is 0 Å². The van der Waals surface area contributed by atoms with Crippen LogP contribution in [0.25, 0.3) is 0 Å². The first-order valence-corrected chi connectivity index (χ1v) is 9.65. The number of para-hydroxylation sites is 2. The fourth-order valence-electron chi connectivity index (χ4n) is 3.51. The predicted molar refractivity (Wildman–Crippen MR) is 109 cm³/mol. The molecule has 1 aliphatic rings. The Balaban J connectivity index is 1.46. The number of carbonyl (C=O) groups excluding carboxylic acids is 1. The molecule has 0 spiro atoms. The Morgan fingerprint density at radius 2 is 1.70 bits per heavy atom. The molecular formula is C22H28FN3O. The predicted octanol–water partition coefficient (Wildman–Crippen LogP) is 4.10. The number of hydrogen-bond acceptors (Lipinski definition) is 3. The smallest absolute Gasteiger partial charge is 0.225 e. The van der Waals surface area contributed by atoms with Gasteiger partial charge in [0.15, 0.2) is 0 Å². The molecule has 5 heteroatoms. The van der Waals surface area contributed by atoms with Crippen molar-refractivity contribution >= 4 is 17.3 Å². The van der Waals surface area contributed by atoms with Crippen LogP contribution in [0.2, 0.25) is 0 Å². The fraction of sp³-hybridized carbons (Fsp3) is 0.409. The van der Waals surface area contributed by atoms with Gasteiger partial charge in [0.2, 0.25) is 5.91 Å². The minimum atomic E-state index is -0.172. The summed E-state index contributed by atoms with van der Waals surface area (Å²) in [4.78, 5) is 16.7. The Bertz CT molecular complexity index is 770. The van der Waals surface area contributed by atoms with Crippen LogP contribution in [0.1, 0.15) is 31.7 Å². The molecule has 144 valence electrons. The van der Waals surface area contributed by atoms with E-state index in [2.05, 4.69) is 35.0 Å². The van der Waals surface area contributed by atoms with E-state index in [1.54, 1.807) is 6.07 Å². The monoisotopic (exact) mass is 369 g/mol. The normalized spacial score (nSPS) is 15.2. The number of amides is 1. The summed E-state index contributed by atoms with van der Waals surface area (Å²) in [5, 5.41) is 3.05. The van der Waals surface area contributed by atoms with Crippen LogP contribution in [-0.4, -0.2) is 43.5 Å². The number of nitrogens with one attached hydrogen (secondary N) is 1. The van der Waals surface area contributed by atoms with E-state index in [1.807, 2.05) is 30.3 Å². The molecule has 0 radical (unpaired) electrons. The van der Waals surface area contributed by atoms with E-state index in [4.69, 9.17) is 0 Å². The molecule has 0 unspecified atom stereocenters. The van der Waals surface area contributed by atoms with Gasteiger partial charge in [-0.2, -0.15) is 0 Å². The van der Waals surface area contributed by atoms with Crippen LogP contribution in [-0.2, 0) is 4.79 Å². The summed E-state index contributed by atoms with van der Waals surface area (Å²) < 4.78 is 13.9. The van der Waals surface area contributed by atoms with Gasteiger partial charge in [0.1, 0.15) is 5.82 Å². The first-order valence-electron chi connectivity index (χ1n) is 9.65. The minimum Gasteiger partial charge on any atom is -0.367 e. The maximum Gasteiger partial charge on any atom is 0.225 e. The highest BCUT2D eigenvalue weighted by Crippen LogP contribution is 2.24. The largest absolute Gasteiger partial charge is 0.367 e. The standard InChI is InChI=1S/C22H28FN3O/c1-17(2)18-7-3-5-9-20(18)24-22(27)11-12-25-13-15-26(16-14-25)21-10-6-4-8-19(21)23/h3-10,17H,11-16H2,1-2H3,(H,24,27). The average Bonchev–Trinajstić information content (AvgIpc) is 2.67. The van der Waals surface area contributed by atoms with Gasteiger partial charge in [-0.05, 0) is 29.7 Å². The maximum absolute atomic E-state index is 13.9. The van der Waals surface area contributed by atoms with Crippen molar-refractivity contribution in [3.05, 3.63) is 59.9 Å². The van der Waals surface area contributed by atoms with Gasteiger partial charge in [-0.15, -0.1) is 0 Å². The van der Waals surface area contributed by atoms with Crippen LogP contribution < -0.4 is 10.2 Å². The van der Waals surface area contributed by atoms with Gasteiger partial charge in [0, 0.05) is 44.8 Å². The molecule has 1 N–H and O–H groups in total. The van der Waals surface area contributed by atoms with Crippen LogP contribution in [0.15, 0.2) is 48.5 Å². The molecule has 27 heavy (non-hydrogen) atoms. The third kappa shape index (κ3) is 5.07. The van der Waals surface area contributed by atoms with Crippen molar-refractivity contribution in [1.82, 2.24) is 4.90 Å². The van der Waals surface area contributed by atoms with E-state index < -0.39 is 0 Å². The summed E-state index contributed by atoms with van der Waals surface area (Å²) in [6, 6.07) is 14.9. The lowest BCUT2D eigenvalue weighted by Crippen LogP contribution is -2.47. The molecule has 2 aromatic rings. The fourth-order valence-corrected chi connectivity index (χ4v) is 3.51. The van der Waals surface area contributed by atoms with Crippen molar-refractivity contribution in [1.29, 1.82) is 0 Å². The topological polar surface area (TPSA) is 35.6 Å². The minimum absolute atomic E-state index is 0.0413. The van der Waals surface area contributed by atoms with Crippen molar-refractivity contribution in [2.45, 2.75) is 26.2 Å². The van der Waals surface area contributed by atoms with Crippen molar-refractivity contribution in [3.8, 4) is 0 Å². The quantitative estimate of drug-likeness (QED) is 0.833. The molecule has 0 bridgehead atoms. The van der Waals surface area contributed by atoms with Crippen molar-refractivity contribution in [3.63, 3.8) is 0 Å². The highest BCUT2D eigenvalue weighted by Gasteiger charge is 2.19. The number of rotatable bonds is 6. The SMILES string of the molecule is CC(C)c1ccccc1NC(=O)CCN1CCN(c2ccccc2F)CC1. The van der Waals surface area contributed by atoms with E-state index in [1.165, 1.54) is 6.07 Å². The van der Waals surface area contributed by atoms with Crippen LogP contribution in [0.4, 0.5) is 15.8 Å². The molecule has 1 heterocycles. The first kappa shape index (κ1) is 19.4. The Morgan fingerprint density at radius 1 is 1.04 bits per heavy atom. The van der Waals surface area contributed by atoms with Gasteiger partial charge in [-0.1, -0.05) is 44.2 Å². The zero-order chi connectivity index (χ0) is 19.2. The molecule has 0 aromatic heterocycles. The molecule has 1 fully saturated rings. The van der Waals surface area contributed by atoms with Crippen molar-refractivity contribution in [2.24, 2.45) is 0 Å². The second kappa shape index (κ2) is 9.00. The molecule has 2 aromatic carbocycles. The van der Waals surface area contributed by atoms with Gasteiger partial charge in [0.25, 0.3) is 0 Å². The third-order valence-electron chi connectivity index (χ3n) is 5.08. The number of halogens is 1. The summed E-state index contributed by atoms with van der Waals surface area (Å²) in [7, 11) is 0. The van der Waals surface area contributed by atoms with Crippen LogP contribution in [0, 0.1) is 5.82 Å². The second-order valence-electron chi connectivity index (χ2n) is 7.32. The van der Waals surface area contributed by atoms with E-state index in [-0.39, 0.29) is 11.7 Å². The molecule has 0 atom stereocenters. The number of carbonyl (C=O) groups is 1. The molecule has 1 saturated heterocycles. The highest BCUT2D eigenvalue weighted by atomic mass is 19.1. The van der Waals surface area contributed by atoms with Crippen molar-refractivity contribution < 1.29 is 9.18 Å². The zero-order valence-electron chi connectivity index (χ0n) is 16.1. The Morgan fingerprint density at radius 3 is 2.41 bits per heavy atom. The molecule has 0 saturated carbocycles. The van der Waals surface area contributed by atoms with E-state index in [9.17, 15) is 9.18 Å². The van der Waals surface area contributed by atoms with Gasteiger partial charge >= 0.3 is 0 Å². The Hall–Kier alpha value is -2.40. The molecular weight excluding hydrogens is 341 g/mol. The van der Waals surface area contributed by atoms with Crippen LogP contribution in [0.5, 0.6) is 0 Å².